The van der Waals surface area contributed by atoms with Crippen LogP contribution in [0.3, 0.4) is 0 Å². The standard InChI is InChI=1S/C23H40N8O5/c24-9-3-1-6-16(26)20(32)30-18(12-15-13-27-14-28-15)22(34)31-11-5-8-19(31)21(33)29-17(23(35)36)7-2-4-10-25/h13-14,16-19H,1-12,24-26H2,(H,27,28)(H,29,33)(H,30,32)(H,35,36). The number of carboxylic acid groups (broad SMARTS) is 1. The van der Waals surface area contributed by atoms with Crippen molar-refractivity contribution in [1.29, 1.82) is 0 Å². The molecule has 0 saturated carbocycles. The van der Waals surface area contributed by atoms with E-state index in [-0.39, 0.29) is 12.8 Å². The molecular formula is C23H40N8O5. The van der Waals surface area contributed by atoms with E-state index in [1.165, 1.54) is 11.2 Å². The molecule has 0 bridgehead atoms. The number of aromatic amines is 1. The number of amides is 3. The molecule has 3 amide bonds. The lowest BCUT2D eigenvalue weighted by Gasteiger charge is -2.30. The fourth-order valence-electron chi connectivity index (χ4n) is 4.26. The van der Waals surface area contributed by atoms with E-state index >= 15 is 0 Å². The SMILES string of the molecule is NCCCCC(N)C(=O)NC(Cc1cnc[nH]1)C(=O)N1CCCC1C(=O)NC(CCCCN)C(=O)O. The average molecular weight is 509 g/mol. The van der Waals surface area contributed by atoms with Gasteiger partial charge in [0.05, 0.1) is 12.4 Å². The molecule has 1 aromatic rings. The summed E-state index contributed by atoms with van der Waals surface area (Å²) in [5, 5.41) is 14.8. The van der Waals surface area contributed by atoms with E-state index in [1.54, 1.807) is 6.20 Å². The van der Waals surface area contributed by atoms with E-state index in [0.29, 0.717) is 63.9 Å². The molecule has 0 spiro atoms. The zero-order chi connectivity index (χ0) is 26.5. The van der Waals surface area contributed by atoms with Crippen molar-refractivity contribution < 1.29 is 24.3 Å². The normalized spacial score (nSPS) is 17.9. The summed E-state index contributed by atoms with van der Waals surface area (Å²) < 4.78 is 0. The van der Waals surface area contributed by atoms with Crippen LogP contribution in [0, 0.1) is 0 Å². The quantitative estimate of drug-likeness (QED) is 0.130. The van der Waals surface area contributed by atoms with Crippen molar-refractivity contribution in [2.75, 3.05) is 19.6 Å². The van der Waals surface area contributed by atoms with Crippen LogP contribution in [0.4, 0.5) is 0 Å². The minimum absolute atomic E-state index is 0.141. The van der Waals surface area contributed by atoms with E-state index in [4.69, 9.17) is 17.2 Å². The van der Waals surface area contributed by atoms with Crippen molar-refractivity contribution in [2.24, 2.45) is 17.2 Å². The monoisotopic (exact) mass is 508 g/mol. The van der Waals surface area contributed by atoms with Crippen LogP contribution in [0.2, 0.25) is 0 Å². The second kappa shape index (κ2) is 15.2. The Morgan fingerprint density at radius 2 is 1.78 bits per heavy atom. The maximum absolute atomic E-state index is 13.5. The highest BCUT2D eigenvalue weighted by atomic mass is 16.4. The summed E-state index contributed by atoms with van der Waals surface area (Å²) in [4.78, 5) is 59.2. The number of nitrogens with two attached hydrogens (primary N) is 3. The van der Waals surface area contributed by atoms with E-state index in [2.05, 4.69) is 20.6 Å². The molecule has 1 aliphatic heterocycles. The number of nitrogens with one attached hydrogen (secondary N) is 3. The smallest absolute Gasteiger partial charge is 0.326 e. The van der Waals surface area contributed by atoms with Crippen LogP contribution in [0.1, 0.15) is 57.1 Å². The molecule has 0 aromatic carbocycles. The van der Waals surface area contributed by atoms with Crippen LogP contribution in [0.5, 0.6) is 0 Å². The number of aliphatic carboxylic acids is 1. The predicted octanol–water partition coefficient (Wildman–Crippen LogP) is -1.42. The highest BCUT2D eigenvalue weighted by molar-refractivity contribution is 5.94. The van der Waals surface area contributed by atoms with Crippen LogP contribution in [-0.4, -0.2) is 87.5 Å². The zero-order valence-corrected chi connectivity index (χ0v) is 20.7. The molecular weight excluding hydrogens is 468 g/mol. The summed E-state index contributed by atoms with van der Waals surface area (Å²) in [5.74, 6) is -2.55. The number of rotatable bonds is 16. The number of imidazole rings is 1. The van der Waals surface area contributed by atoms with Gasteiger partial charge in [-0.2, -0.15) is 0 Å². The Kier molecular flexibility index (Phi) is 12.3. The highest BCUT2D eigenvalue weighted by Gasteiger charge is 2.39. The molecule has 10 N–H and O–H groups in total. The molecule has 202 valence electrons. The van der Waals surface area contributed by atoms with Crippen molar-refractivity contribution in [3.8, 4) is 0 Å². The summed E-state index contributed by atoms with van der Waals surface area (Å²) >= 11 is 0. The van der Waals surface area contributed by atoms with Crippen LogP contribution in [0.25, 0.3) is 0 Å². The Balaban J connectivity index is 2.10. The Morgan fingerprint density at radius 1 is 1.08 bits per heavy atom. The zero-order valence-electron chi connectivity index (χ0n) is 20.7. The van der Waals surface area contributed by atoms with Gasteiger partial charge in [-0.3, -0.25) is 14.4 Å². The number of carbonyl (C=O) groups excluding carboxylic acids is 3. The molecule has 13 nitrogen and oxygen atoms in total. The number of nitrogens with zero attached hydrogens (tertiary/aromatic N) is 2. The third kappa shape index (κ3) is 8.88. The lowest BCUT2D eigenvalue weighted by Crippen LogP contribution is -2.57. The van der Waals surface area contributed by atoms with Crippen molar-refractivity contribution in [3.05, 3.63) is 18.2 Å². The van der Waals surface area contributed by atoms with Gasteiger partial charge in [0.25, 0.3) is 0 Å². The van der Waals surface area contributed by atoms with Gasteiger partial charge in [-0.15, -0.1) is 0 Å². The third-order valence-electron chi connectivity index (χ3n) is 6.30. The molecule has 0 aliphatic carbocycles. The number of carbonyl (C=O) groups is 4. The largest absolute Gasteiger partial charge is 0.480 e. The van der Waals surface area contributed by atoms with Crippen molar-refractivity contribution in [2.45, 2.75) is 82.0 Å². The van der Waals surface area contributed by atoms with Gasteiger partial charge in [0.1, 0.15) is 18.1 Å². The number of hydrogen-bond donors (Lipinski definition) is 7. The number of unbranched alkanes of at least 4 members (excludes halogenated alkanes) is 2. The Morgan fingerprint density at radius 3 is 2.39 bits per heavy atom. The lowest BCUT2D eigenvalue weighted by molar-refractivity contribution is -0.145. The summed E-state index contributed by atoms with van der Waals surface area (Å²) in [6, 6.07) is -3.65. The lowest BCUT2D eigenvalue weighted by atomic mass is 10.1. The molecule has 2 rings (SSSR count). The summed E-state index contributed by atoms with van der Waals surface area (Å²) in [6.45, 7) is 1.26. The molecule has 36 heavy (non-hydrogen) atoms. The molecule has 1 saturated heterocycles. The number of aromatic nitrogens is 2. The predicted molar refractivity (Wildman–Crippen MR) is 132 cm³/mol. The van der Waals surface area contributed by atoms with Gasteiger partial charge in [0.2, 0.25) is 17.7 Å². The van der Waals surface area contributed by atoms with Gasteiger partial charge < -0.3 is 42.8 Å². The van der Waals surface area contributed by atoms with Gasteiger partial charge in [0, 0.05) is 24.9 Å². The molecule has 4 atom stereocenters. The summed E-state index contributed by atoms with van der Waals surface area (Å²) in [5.41, 5.74) is 17.6. The molecule has 2 heterocycles. The second-order valence-electron chi connectivity index (χ2n) is 9.11. The Labute approximate surface area is 210 Å². The minimum Gasteiger partial charge on any atom is -0.480 e. The molecule has 1 fully saturated rings. The van der Waals surface area contributed by atoms with Crippen LogP contribution < -0.4 is 27.8 Å². The van der Waals surface area contributed by atoms with E-state index in [9.17, 15) is 24.3 Å². The van der Waals surface area contributed by atoms with E-state index in [1.807, 2.05) is 0 Å². The van der Waals surface area contributed by atoms with Gasteiger partial charge in [-0.25, -0.2) is 9.78 Å². The van der Waals surface area contributed by atoms with Crippen LogP contribution >= 0.6 is 0 Å². The number of H-pyrrole nitrogens is 1. The van der Waals surface area contributed by atoms with Crippen molar-refractivity contribution in [1.82, 2.24) is 25.5 Å². The molecule has 0 radical (unpaired) electrons. The Bertz CT molecular complexity index is 850. The average Bonchev–Trinajstić information content (AvgIpc) is 3.55. The molecule has 1 aromatic heterocycles. The number of likely N-dealkylation sites (tertiary alicyclic amines) is 1. The number of hydrogen-bond acceptors (Lipinski definition) is 8. The third-order valence-corrected chi connectivity index (χ3v) is 6.30. The summed E-state index contributed by atoms with van der Waals surface area (Å²) in [6.07, 6.45) is 7.47. The van der Waals surface area contributed by atoms with Gasteiger partial charge in [-0.05, 0) is 58.0 Å². The molecule has 13 heteroatoms. The van der Waals surface area contributed by atoms with Gasteiger partial charge in [-0.1, -0.05) is 6.42 Å². The maximum Gasteiger partial charge on any atom is 0.326 e. The van der Waals surface area contributed by atoms with Gasteiger partial charge in [0.15, 0.2) is 0 Å². The maximum atomic E-state index is 13.5. The van der Waals surface area contributed by atoms with Crippen molar-refractivity contribution >= 4 is 23.7 Å². The fraction of sp³-hybridized carbons (Fsp3) is 0.696. The first-order chi connectivity index (χ1) is 17.3. The molecule has 1 aliphatic rings. The van der Waals surface area contributed by atoms with Crippen LogP contribution in [0.15, 0.2) is 12.5 Å². The number of carboxylic acids is 1. The van der Waals surface area contributed by atoms with Gasteiger partial charge >= 0.3 is 5.97 Å². The second-order valence-corrected chi connectivity index (χ2v) is 9.11. The topological polar surface area (TPSA) is 223 Å². The fourth-order valence-corrected chi connectivity index (χ4v) is 4.26. The highest BCUT2D eigenvalue weighted by Crippen LogP contribution is 2.20. The summed E-state index contributed by atoms with van der Waals surface area (Å²) in [7, 11) is 0. The van der Waals surface area contributed by atoms with E-state index < -0.39 is 47.9 Å². The first-order valence-electron chi connectivity index (χ1n) is 12.6. The first kappa shape index (κ1) is 29.2. The van der Waals surface area contributed by atoms with Crippen LogP contribution in [-0.2, 0) is 25.6 Å². The minimum atomic E-state index is -1.13. The first-order valence-corrected chi connectivity index (χ1v) is 12.6. The molecule has 4 unspecified atom stereocenters. The Hall–Kier alpha value is -3.03. The van der Waals surface area contributed by atoms with E-state index in [0.717, 1.165) is 6.42 Å². The van der Waals surface area contributed by atoms with Crippen molar-refractivity contribution in [3.63, 3.8) is 0 Å².